The number of halogens is 1. The number of methoxy groups -OCH3 is 1. The molecule has 12 heavy (non-hydrogen) atoms. The predicted molar refractivity (Wildman–Crippen MR) is 45.8 cm³/mol. The molecule has 4 heteroatoms. The molecule has 0 aliphatic carbocycles. The van der Waals surface area contributed by atoms with Crippen LogP contribution in [0.5, 0.6) is 5.88 Å². The third-order valence-corrected chi connectivity index (χ3v) is 1.70. The Labute approximate surface area is 75.3 Å². The molecule has 0 atom stereocenters. The van der Waals surface area contributed by atoms with E-state index in [1.165, 1.54) is 14.0 Å². The van der Waals surface area contributed by atoms with Gasteiger partial charge in [0, 0.05) is 6.07 Å². The summed E-state index contributed by atoms with van der Waals surface area (Å²) in [7, 11) is 1.49. The van der Waals surface area contributed by atoms with Gasteiger partial charge in [0.2, 0.25) is 5.88 Å². The van der Waals surface area contributed by atoms with Crippen molar-refractivity contribution < 1.29 is 9.53 Å². The second kappa shape index (κ2) is 3.54. The first-order valence-corrected chi connectivity index (χ1v) is 3.74. The zero-order valence-electron chi connectivity index (χ0n) is 6.80. The molecule has 0 aliphatic heterocycles. The number of Topliss-reactive ketones (excluding diaryl/α,β-unsaturated/α-hetero) is 1. The first-order chi connectivity index (χ1) is 5.65. The highest BCUT2D eigenvalue weighted by molar-refractivity contribution is 6.32. The van der Waals surface area contributed by atoms with Gasteiger partial charge in [0.25, 0.3) is 0 Å². The van der Waals surface area contributed by atoms with Gasteiger partial charge in [0.1, 0.15) is 5.15 Å². The second-order valence-corrected chi connectivity index (χ2v) is 2.61. The van der Waals surface area contributed by atoms with Crippen molar-refractivity contribution in [2.75, 3.05) is 7.11 Å². The lowest BCUT2D eigenvalue weighted by Crippen LogP contribution is -1.96. The van der Waals surface area contributed by atoms with Crippen LogP contribution in [0.25, 0.3) is 0 Å². The first-order valence-electron chi connectivity index (χ1n) is 3.36. The van der Waals surface area contributed by atoms with Crippen molar-refractivity contribution in [2.45, 2.75) is 6.92 Å². The van der Waals surface area contributed by atoms with Crippen molar-refractivity contribution in [1.82, 2.24) is 4.98 Å². The fraction of sp³-hybridized carbons (Fsp3) is 0.250. The van der Waals surface area contributed by atoms with Crippen LogP contribution in [0.2, 0.25) is 5.15 Å². The molecule has 0 aliphatic rings. The number of aromatic nitrogens is 1. The largest absolute Gasteiger partial charge is 0.481 e. The Hall–Kier alpha value is -1.09. The van der Waals surface area contributed by atoms with E-state index in [2.05, 4.69) is 4.98 Å². The molecule has 1 rings (SSSR count). The van der Waals surface area contributed by atoms with Crippen molar-refractivity contribution in [3.63, 3.8) is 0 Å². The molecule has 1 aromatic heterocycles. The van der Waals surface area contributed by atoms with E-state index in [1.54, 1.807) is 12.1 Å². The van der Waals surface area contributed by atoms with Crippen molar-refractivity contribution in [1.29, 1.82) is 0 Å². The summed E-state index contributed by atoms with van der Waals surface area (Å²) in [5.74, 6) is 0.306. The summed E-state index contributed by atoms with van der Waals surface area (Å²) < 4.78 is 4.82. The SMILES string of the molecule is COc1ccc(C(C)=O)c(Cl)n1. The lowest BCUT2D eigenvalue weighted by atomic mass is 10.2. The number of nitrogens with zero attached hydrogens (tertiary/aromatic N) is 1. The average Bonchev–Trinajstić information content (AvgIpc) is 2.03. The minimum Gasteiger partial charge on any atom is -0.481 e. The average molecular weight is 186 g/mol. The maximum atomic E-state index is 10.9. The van der Waals surface area contributed by atoms with Crippen LogP contribution in [0, 0.1) is 0 Å². The summed E-state index contributed by atoms with van der Waals surface area (Å²) in [6, 6.07) is 3.19. The number of ketones is 1. The van der Waals surface area contributed by atoms with Gasteiger partial charge in [-0.3, -0.25) is 4.79 Å². The van der Waals surface area contributed by atoms with E-state index in [4.69, 9.17) is 16.3 Å². The van der Waals surface area contributed by atoms with Gasteiger partial charge in [-0.2, -0.15) is 0 Å². The van der Waals surface area contributed by atoms with E-state index in [1.807, 2.05) is 0 Å². The summed E-state index contributed by atoms with van der Waals surface area (Å²) in [5.41, 5.74) is 0.414. The minimum atomic E-state index is -0.102. The molecule has 64 valence electrons. The summed E-state index contributed by atoms with van der Waals surface area (Å²) in [6.45, 7) is 1.44. The number of carbonyl (C=O) groups is 1. The fourth-order valence-electron chi connectivity index (χ4n) is 0.794. The van der Waals surface area contributed by atoms with Crippen LogP contribution < -0.4 is 4.74 Å². The Kier molecular flexibility index (Phi) is 2.65. The molecule has 0 unspecified atom stereocenters. The fourth-order valence-corrected chi connectivity index (χ4v) is 1.07. The molecule has 3 nitrogen and oxygen atoms in total. The van der Waals surface area contributed by atoms with Gasteiger partial charge in [-0.25, -0.2) is 4.98 Å². The molecule has 0 saturated carbocycles. The molecule has 0 aromatic carbocycles. The van der Waals surface area contributed by atoms with Crippen LogP contribution in [-0.2, 0) is 0 Å². The Balaban J connectivity index is 3.12. The number of carbonyl (C=O) groups excluding carboxylic acids is 1. The topological polar surface area (TPSA) is 39.2 Å². The summed E-state index contributed by atoms with van der Waals surface area (Å²) in [4.78, 5) is 14.7. The first kappa shape index (κ1) is 9.00. The number of hydrogen-bond acceptors (Lipinski definition) is 3. The molecule has 1 aromatic rings. The monoisotopic (exact) mass is 185 g/mol. The lowest BCUT2D eigenvalue weighted by molar-refractivity contribution is 0.101. The molecular formula is C8H8ClNO2. The quantitative estimate of drug-likeness (QED) is 0.522. The molecule has 0 saturated heterocycles. The van der Waals surface area contributed by atoms with Crippen molar-refractivity contribution in [2.24, 2.45) is 0 Å². The van der Waals surface area contributed by atoms with Crippen molar-refractivity contribution in [3.05, 3.63) is 22.8 Å². The third-order valence-electron chi connectivity index (χ3n) is 1.41. The van der Waals surface area contributed by atoms with Crippen molar-refractivity contribution >= 4 is 17.4 Å². The maximum Gasteiger partial charge on any atom is 0.214 e. The van der Waals surface area contributed by atoms with Gasteiger partial charge < -0.3 is 4.74 Å². The minimum absolute atomic E-state index is 0.102. The molecule has 0 amide bonds. The van der Waals surface area contributed by atoms with Crippen LogP contribution in [0.4, 0.5) is 0 Å². The zero-order valence-corrected chi connectivity index (χ0v) is 7.55. The van der Waals surface area contributed by atoms with Gasteiger partial charge >= 0.3 is 0 Å². The molecule has 0 spiro atoms. The van der Waals surface area contributed by atoms with Crippen LogP contribution >= 0.6 is 11.6 Å². The Morgan fingerprint density at radius 3 is 2.67 bits per heavy atom. The summed E-state index contributed by atoms with van der Waals surface area (Å²) >= 11 is 5.69. The van der Waals surface area contributed by atoms with Gasteiger partial charge in [-0.1, -0.05) is 11.6 Å². The number of rotatable bonds is 2. The maximum absolute atomic E-state index is 10.9. The third kappa shape index (κ3) is 1.74. The van der Waals surface area contributed by atoms with E-state index in [9.17, 15) is 4.79 Å². The Morgan fingerprint density at radius 1 is 1.58 bits per heavy atom. The highest BCUT2D eigenvalue weighted by Gasteiger charge is 2.07. The van der Waals surface area contributed by atoms with Gasteiger partial charge in [-0.05, 0) is 13.0 Å². The molecule has 0 N–H and O–H groups in total. The van der Waals surface area contributed by atoms with Gasteiger partial charge in [0.15, 0.2) is 5.78 Å². The molecule has 1 heterocycles. The normalized spacial score (nSPS) is 9.58. The lowest BCUT2D eigenvalue weighted by Gasteiger charge is -2.01. The Morgan fingerprint density at radius 2 is 2.25 bits per heavy atom. The molecular weight excluding hydrogens is 178 g/mol. The number of ether oxygens (including phenoxy) is 1. The Bertz CT molecular complexity index is 312. The van der Waals surface area contributed by atoms with Crippen LogP contribution in [0.3, 0.4) is 0 Å². The van der Waals surface area contributed by atoms with Crippen molar-refractivity contribution in [3.8, 4) is 5.88 Å². The van der Waals surface area contributed by atoms with E-state index in [0.717, 1.165) is 0 Å². The standard InChI is InChI=1S/C8H8ClNO2/c1-5(11)6-3-4-7(12-2)10-8(6)9/h3-4H,1-2H3. The van der Waals surface area contributed by atoms with E-state index >= 15 is 0 Å². The predicted octanol–water partition coefficient (Wildman–Crippen LogP) is 1.95. The summed E-state index contributed by atoms with van der Waals surface area (Å²) in [5, 5.41) is 0.182. The highest BCUT2D eigenvalue weighted by Crippen LogP contribution is 2.17. The zero-order chi connectivity index (χ0) is 9.14. The van der Waals surface area contributed by atoms with Gasteiger partial charge in [-0.15, -0.1) is 0 Å². The van der Waals surface area contributed by atoms with E-state index in [-0.39, 0.29) is 10.9 Å². The van der Waals surface area contributed by atoms with Gasteiger partial charge in [0.05, 0.1) is 12.7 Å². The highest BCUT2D eigenvalue weighted by atomic mass is 35.5. The molecule has 0 radical (unpaired) electrons. The van der Waals surface area contributed by atoms with Crippen LogP contribution in [0.15, 0.2) is 12.1 Å². The molecule has 0 bridgehead atoms. The number of hydrogen-bond donors (Lipinski definition) is 0. The van der Waals surface area contributed by atoms with E-state index in [0.29, 0.717) is 11.4 Å². The van der Waals surface area contributed by atoms with Crippen LogP contribution in [0.1, 0.15) is 17.3 Å². The molecule has 0 fully saturated rings. The number of pyridine rings is 1. The van der Waals surface area contributed by atoms with E-state index < -0.39 is 0 Å². The second-order valence-electron chi connectivity index (χ2n) is 2.25. The van der Waals surface area contributed by atoms with Crippen LogP contribution in [-0.4, -0.2) is 17.9 Å². The smallest absolute Gasteiger partial charge is 0.214 e. The summed E-state index contributed by atoms with van der Waals surface area (Å²) in [6.07, 6.45) is 0.